The van der Waals surface area contributed by atoms with Crippen molar-refractivity contribution in [2.24, 2.45) is 0 Å². The Morgan fingerprint density at radius 3 is 2.62 bits per heavy atom. The Hall–Kier alpha value is -0.870. The van der Waals surface area contributed by atoms with Crippen molar-refractivity contribution in [3.8, 4) is 0 Å². The van der Waals surface area contributed by atoms with Crippen molar-refractivity contribution >= 4 is 5.91 Å². The highest BCUT2D eigenvalue weighted by molar-refractivity contribution is 5.78. The summed E-state index contributed by atoms with van der Waals surface area (Å²) in [6.07, 6.45) is 6.86. The molecule has 0 bridgehead atoms. The molecule has 0 heterocycles. The van der Waals surface area contributed by atoms with Crippen molar-refractivity contribution < 1.29 is 9.90 Å². The maximum atomic E-state index is 11.6. The summed E-state index contributed by atoms with van der Waals surface area (Å²) in [6.45, 7) is 4.52. The second-order valence-electron chi connectivity index (χ2n) is 4.47. The zero-order chi connectivity index (χ0) is 11.9. The van der Waals surface area contributed by atoms with E-state index in [9.17, 15) is 9.90 Å². The third-order valence-electron chi connectivity index (χ3n) is 3.09. The Bertz CT molecular complexity index is 235. The molecule has 0 saturated heterocycles. The lowest BCUT2D eigenvalue weighted by Gasteiger charge is -2.36. The molecule has 0 spiro atoms. The Morgan fingerprint density at radius 2 is 2.06 bits per heavy atom. The third kappa shape index (κ3) is 3.94. The number of carbonyl (C=O) groups is 1. The van der Waals surface area contributed by atoms with Crippen LogP contribution >= 0.6 is 0 Å². The molecule has 0 aliphatic heterocycles. The molecule has 1 fully saturated rings. The quantitative estimate of drug-likeness (QED) is 0.458. The van der Waals surface area contributed by atoms with Gasteiger partial charge in [0.25, 0.3) is 0 Å². The molecule has 0 aromatic heterocycles. The van der Waals surface area contributed by atoms with E-state index in [0.29, 0.717) is 6.54 Å². The van der Waals surface area contributed by atoms with Gasteiger partial charge in [-0.25, -0.2) is 0 Å². The highest BCUT2D eigenvalue weighted by Gasteiger charge is 2.32. The van der Waals surface area contributed by atoms with E-state index in [-0.39, 0.29) is 24.6 Å². The standard InChI is InChI=1S/C12H22N2O2/c1-2-8-13-9-11(16)14-12(10-15)6-4-3-5-7-12/h2,13,15H,1,3-10H2,(H,14,16). The second-order valence-corrected chi connectivity index (χ2v) is 4.47. The number of rotatable bonds is 6. The summed E-state index contributed by atoms with van der Waals surface area (Å²) >= 11 is 0. The van der Waals surface area contributed by atoms with E-state index >= 15 is 0 Å². The summed E-state index contributed by atoms with van der Waals surface area (Å²) in [5, 5.41) is 15.3. The molecule has 1 aliphatic rings. The summed E-state index contributed by atoms with van der Waals surface area (Å²) in [6, 6.07) is 0. The van der Waals surface area contributed by atoms with Crippen LogP contribution in [0.3, 0.4) is 0 Å². The molecule has 4 heteroatoms. The molecule has 3 N–H and O–H groups in total. The van der Waals surface area contributed by atoms with Crippen LogP contribution in [0, 0.1) is 0 Å². The largest absolute Gasteiger partial charge is 0.394 e. The predicted octanol–water partition coefficient (Wildman–Crippen LogP) is 0.573. The molecule has 1 saturated carbocycles. The first-order chi connectivity index (χ1) is 7.72. The van der Waals surface area contributed by atoms with E-state index in [1.54, 1.807) is 6.08 Å². The SMILES string of the molecule is C=CCNCC(=O)NC1(CO)CCCCC1. The number of aliphatic hydroxyl groups is 1. The molecule has 16 heavy (non-hydrogen) atoms. The normalized spacial score (nSPS) is 19.1. The molecule has 0 aromatic carbocycles. The molecule has 0 unspecified atom stereocenters. The molecule has 0 atom stereocenters. The average Bonchev–Trinajstić information content (AvgIpc) is 2.30. The number of amides is 1. The summed E-state index contributed by atoms with van der Waals surface area (Å²) in [7, 11) is 0. The van der Waals surface area contributed by atoms with Gasteiger partial charge < -0.3 is 15.7 Å². The number of hydrogen-bond donors (Lipinski definition) is 3. The predicted molar refractivity (Wildman–Crippen MR) is 64.1 cm³/mol. The summed E-state index contributed by atoms with van der Waals surface area (Å²) in [5.41, 5.74) is -0.370. The molecule has 0 aromatic rings. The Morgan fingerprint density at radius 1 is 1.38 bits per heavy atom. The van der Waals surface area contributed by atoms with Crippen molar-refractivity contribution in [3.63, 3.8) is 0 Å². The summed E-state index contributed by atoms with van der Waals surface area (Å²) in [4.78, 5) is 11.6. The monoisotopic (exact) mass is 226 g/mol. The molecule has 1 amide bonds. The minimum Gasteiger partial charge on any atom is -0.394 e. The van der Waals surface area contributed by atoms with Gasteiger partial charge in [0, 0.05) is 6.54 Å². The first-order valence-corrected chi connectivity index (χ1v) is 5.96. The number of hydrogen-bond acceptors (Lipinski definition) is 3. The van der Waals surface area contributed by atoms with Crippen LogP contribution in [-0.4, -0.2) is 36.2 Å². The van der Waals surface area contributed by atoms with Crippen LogP contribution in [0.25, 0.3) is 0 Å². The van der Waals surface area contributed by atoms with Gasteiger partial charge in [0.15, 0.2) is 0 Å². The summed E-state index contributed by atoms with van der Waals surface area (Å²) < 4.78 is 0. The lowest BCUT2D eigenvalue weighted by Crippen LogP contribution is -2.54. The van der Waals surface area contributed by atoms with Crippen LogP contribution < -0.4 is 10.6 Å². The average molecular weight is 226 g/mol. The Labute approximate surface area is 97.1 Å². The van der Waals surface area contributed by atoms with Gasteiger partial charge in [-0.3, -0.25) is 4.79 Å². The molecule has 0 radical (unpaired) electrons. The van der Waals surface area contributed by atoms with Crippen LogP contribution in [0.15, 0.2) is 12.7 Å². The minimum atomic E-state index is -0.370. The highest BCUT2D eigenvalue weighted by Crippen LogP contribution is 2.27. The third-order valence-corrected chi connectivity index (χ3v) is 3.09. The smallest absolute Gasteiger partial charge is 0.234 e. The second kappa shape index (κ2) is 6.66. The molecular weight excluding hydrogens is 204 g/mol. The molecule has 4 nitrogen and oxygen atoms in total. The summed E-state index contributed by atoms with van der Waals surface area (Å²) in [5.74, 6) is -0.0437. The number of nitrogens with one attached hydrogen (secondary N) is 2. The van der Waals surface area contributed by atoms with Crippen molar-refractivity contribution in [3.05, 3.63) is 12.7 Å². The van der Waals surface area contributed by atoms with Gasteiger partial charge in [-0.15, -0.1) is 6.58 Å². The maximum absolute atomic E-state index is 11.6. The van der Waals surface area contributed by atoms with E-state index in [2.05, 4.69) is 17.2 Å². The number of aliphatic hydroxyl groups excluding tert-OH is 1. The van der Waals surface area contributed by atoms with E-state index in [4.69, 9.17) is 0 Å². The van der Waals surface area contributed by atoms with Crippen LogP contribution in [0.1, 0.15) is 32.1 Å². The highest BCUT2D eigenvalue weighted by atomic mass is 16.3. The molecular formula is C12H22N2O2. The first kappa shape index (κ1) is 13.2. The van der Waals surface area contributed by atoms with Crippen LogP contribution in [0.5, 0.6) is 0 Å². The van der Waals surface area contributed by atoms with Gasteiger partial charge in [-0.2, -0.15) is 0 Å². The maximum Gasteiger partial charge on any atom is 0.234 e. The number of carbonyl (C=O) groups excluding carboxylic acids is 1. The van der Waals surface area contributed by atoms with Crippen molar-refractivity contribution in [1.29, 1.82) is 0 Å². The fraction of sp³-hybridized carbons (Fsp3) is 0.750. The Balaban J connectivity index is 2.36. The minimum absolute atomic E-state index is 0.0419. The fourth-order valence-electron chi connectivity index (χ4n) is 2.18. The van der Waals surface area contributed by atoms with Gasteiger partial charge >= 0.3 is 0 Å². The van der Waals surface area contributed by atoms with Crippen LogP contribution in [-0.2, 0) is 4.79 Å². The van der Waals surface area contributed by atoms with Gasteiger partial charge in [-0.05, 0) is 12.8 Å². The van der Waals surface area contributed by atoms with E-state index in [0.717, 1.165) is 25.7 Å². The Kier molecular flexibility index (Phi) is 5.49. The van der Waals surface area contributed by atoms with Gasteiger partial charge in [0.1, 0.15) is 0 Å². The van der Waals surface area contributed by atoms with Crippen molar-refractivity contribution in [2.75, 3.05) is 19.7 Å². The van der Waals surface area contributed by atoms with Crippen molar-refractivity contribution in [2.45, 2.75) is 37.6 Å². The lowest BCUT2D eigenvalue weighted by atomic mass is 9.82. The van der Waals surface area contributed by atoms with Crippen LogP contribution in [0.4, 0.5) is 0 Å². The van der Waals surface area contributed by atoms with Gasteiger partial charge in [-0.1, -0.05) is 25.3 Å². The molecule has 92 valence electrons. The molecule has 1 rings (SSSR count). The first-order valence-electron chi connectivity index (χ1n) is 5.96. The fourth-order valence-corrected chi connectivity index (χ4v) is 2.18. The zero-order valence-electron chi connectivity index (χ0n) is 9.80. The lowest BCUT2D eigenvalue weighted by molar-refractivity contribution is -0.123. The molecule has 1 aliphatic carbocycles. The van der Waals surface area contributed by atoms with E-state index < -0.39 is 0 Å². The van der Waals surface area contributed by atoms with Gasteiger partial charge in [0.2, 0.25) is 5.91 Å². The zero-order valence-corrected chi connectivity index (χ0v) is 9.80. The van der Waals surface area contributed by atoms with Gasteiger partial charge in [0.05, 0.1) is 18.7 Å². The van der Waals surface area contributed by atoms with Crippen molar-refractivity contribution in [1.82, 2.24) is 10.6 Å². The van der Waals surface area contributed by atoms with E-state index in [1.807, 2.05) is 0 Å². The van der Waals surface area contributed by atoms with Crippen LogP contribution in [0.2, 0.25) is 0 Å². The topological polar surface area (TPSA) is 61.4 Å². The van der Waals surface area contributed by atoms with E-state index in [1.165, 1.54) is 6.42 Å².